The van der Waals surface area contributed by atoms with Crippen LogP contribution in [0.15, 0.2) is 5.38 Å². The van der Waals surface area contributed by atoms with Crippen molar-refractivity contribution in [2.75, 3.05) is 33.2 Å². The maximum Gasteiger partial charge on any atom is 0.0972 e. The van der Waals surface area contributed by atoms with Crippen LogP contribution in [0.25, 0.3) is 0 Å². The second kappa shape index (κ2) is 5.04. The lowest BCUT2D eigenvalue weighted by Crippen LogP contribution is -2.13. The zero-order chi connectivity index (χ0) is 11.7. The van der Waals surface area contributed by atoms with Gasteiger partial charge in [-0.25, -0.2) is 4.98 Å². The molecule has 0 saturated carbocycles. The number of hydrogen-bond acceptors (Lipinski definition) is 4. The minimum Gasteiger partial charge on any atom is -0.316 e. The topological polar surface area (TPSA) is 28.2 Å². The first-order chi connectivity index (χ1) is 8.31. The van der Waals surface area contributed by atoms with Crippen molar-refractivity contribution in [1.82, 2.24) is 15.2 Å². The van der Waals surface area contributed by atoms with Crippen LogP contribution >= 0.6 is 11.3 Å². The predicted molar refractivity (Wildman–Crippen MR) is 71.6 cm³/mol. The molecular weight excluding hydrogens is 230 g/mol. The van der Waals surface area contributed by atoms with E-state index in [-0.39, 0.29) is 0 Å². The molecular formula is C13H21N3S. The van der Waals surface area contributed by atoms with Crippen LogP contribution in [0.4, 0.5) is 0 Å². The fourth-order valence-electron chi connectivity index (χ4n) is 2.92. The summed E-state index contributed by atoms with van der Waals surface area (Å²) >= 11 is 1.87. The third-order valence-corrected chi connectivity index (χ3v) is 5.03. The van der Waals surface area contributed by atoms with Gasteiger partial charge in [-0.15, -0.1) is 11.3 Å². The fourth-order valence-corrected chi connectivity index (χ4v) is 3.89. The van der Waals surface area contributed by atoms with Gasteiger partial charge in [-0.2, -0.15) is 0 Å². The lowest BCUT2D eigenvalue weighted by atomic mass is 10.0. The van der Waals surface area contributed by atoms with Crippen molar-refractivity contribution in [1.29, 1.82) is 0 Å². The highest BCUT2D eigenvalue weighted by Crippen LogP contribution is 2.29. The molecule has 0 amide bonds. The zero-order valence-corrected chi connectivity index (χ0v) is 11.3. The van der Waals surface area contributed by atoms with Gasteiger partial charge in [0, 0.05) is 17.8 Å². The van der Waals surface area contributed by atoms with Crippen LogP contribution in [0, 0.1) is 5.92 Å². The molecule has 4 heteroatoms. The maximum atomic E-state index is 4.85. The van der Waals surface area contributed by atoms with E-state index in [1.165, 1.54) is 56.1 Å². The molecule has 0 bridgehead atoms. The minimum atomic E-state index is 0.695. The van der Waals surface area contributed by atoms with Gasteiger partial charge in [-0.3, -0.25) is 0 Å². The molecule has 2 aliphatic heterocycles. The van der Waals surface area contributed by atoms with Gasteiger partial charge in [-0.05, 0) is 51.9 Å². The van der Waals surface area contributed by atoms with Crippen molar-refractivity contribution >= 4 is 11.3 Å². The van der Waals surface area contributed by atoms with Gasteiger partial charge in [0.15, 0.2) is 0 Å². The Balaban J connectivity index is 1.61. The highest BCUT2D eigenvalue weighted by atomic mass is 32.1. The van der Waals surface area contributed by atoms with E-state index in [0.717, 1.165) is 5.92 Å². The SMILES string of the molecule is CN1CCC(c2nc(CC3CCNC3)cs2)C1. The number of likely N-dealkylation sites (tertiary alicyclic amines) is 1. The quantitative estimate of drug-likeness (QED) is 0.886. The molecule has 0 aromatic carbocycles. The standard InChI is InChI=1S/C13H21N3S/c1-16-5-3-11(8-16)13-15-12(9-17-13)6-10-2-4-14-7-10/h9-11,14H,2-8H2,1H3. The highest BCUT2D eigenvalue weighted by Gasteiger charge is 2.24. The number of nitrogens with zero attached hydrogens (tertiary/aromatic N) is 2. The predicted octanol–water partition coefficient (Wildman–Crippen LogP) is 1.71. The van der Waals surface area contributed by atoms with E-state index < -0.39 is 0 Å². The molecule has 1 aromatic rings. The molecule has 2 aliphatic rings. The second-order valence-electron chi connectivity index (χ2n) is 5.49. The van der Waals surface area contributed by atoms with E-state index >= 15 is 0 Å². The molecule has 94 valence electrons. The maximum absolute atomic E-state index is 4.85. The summed E-state index contributed by atoms with van der Waals surface area (Å²) in [5.74, 6) is 1.51. The van der Waals surface area contributed by atoms with Crippen LogP contribution in [0.5, 0.6) is 0 Å². The van der Waals surface area contributed by atoms with Crippen molar-refractivity contribution in [2.24, 2.45) is 5.92 Å². The first-order valence-electron chi connectivity index (χ1n) is 6.65. The lowest BCUT2D eigenvalue weighted by molar-refractivity contribution is 0.411. The summed E-state index contributed by atoms with van der Waals surface area (Å²) in [5.41, 5.74) is 1.33. The number of nitrogens with one attached hydrogen (secondary N) is 1. The molecule has 0 spiro atoms. The molecule has 17 heavy (non-hydrogen) atoms. The van der Waals surface area contributed by atoms with Crippen LogP contribution < -0.4 is 5.32 Å². The van der Waals surface area contributed by atoms with Crippen LogP contribution in [-0.4, -0.2) is 43.1 Å². The van der Waals surface area contributed by atoms with Crippen LogP contribution in [0.1, 0.15) is 29.5 Å². The molecule has 2 atom stereocenters. The van der Waals surface area contributed by atoms with E-state index in [2.05, 4.69) is 22.6 Å². The van der Waals surface area contributed by atoms with Gasteiger partial charge < -0.3 is 10.2 Å². The summed E-state index contributed by atoms with van der Waals surface area (Å²) in [6.45, 7) is 4.79. The van der Waals surface area contributed by atoms with Crippen LogP contribution in [0.2, 0.25) is 0 Å². The normalized spacial score (nSPS) is 30.2. The molecule has 0 aliphatic carbocycles. The van der Waals surface area contributed by atoms with E-state index in [1.807, 2.05) is 11.3 Å². The average Bonchev–Trinajstić information content (AvgIpc) is 2.99. The number of rotatable bonds is 3. The summed E-state index contributed by atoms with van der Waals surface area (Å²) in [7, 11) is 2.21. The van der Waals surface area contributed by atoms with Gasteiger partial charge in [0.05, 0.1) is 10.7 Å². The largest absolute Gasteiger partial charge is 0.316 e. The molecule has 2 saturated heterocycles. The summed E-state index contributed by atoms with van der Waals surface area (Å²) < 4.78 is 0. The molecule has 2 fully saturated rings. The minimum absolute atomic E-state index is 0.695. The number of likely N-dealkylation sites (N-methyl/N-ethyl adjacent to an activating group) is 1. The molecule has 1 N–H and O–H groups in total. The van der Waals surface area contributed by atoms with Gasteiger partial charge in [0.2, 0.25) is 0 Å². The number of hydrogen-bond donors (Lipinski definition) is 1. The van der Waals surface area contributed by atoms with Gasteiger partial charge in [-0.1, -0.05) is 0 Å². The van der Waals surface area contributed by atoms with Gasteiger partial charge in [0.1, 0.15) is 0 Å². The molecule has 1 aromatic heterocycles. The number of thiazole rings is 1. The van der Waals surface area contributed by atoms with E-state index in [9.17, 15) is 0 Å². The van der Waals surface area contributed by atoms with Crippen LogP contribution in [0.3, 0.4) is 0 Å². The van der Waals surface area contributed by atoms with Crippen LogP contribution in [-0.2, 0) is 6.42 Å². The Bertz CT molecular complexity index is 370. The van der Waals surface area contributed by atoms with Gasteiger partial charge in [0.25, 0.3) is 0 Å². The molecule has 3 nitrogen and oxygen atoms in total. The Hall–Kier alpha value is -0.450. The summed E-state index contributed by atoms with van der Waals surface area (Å²) in [6, 6.07) is 0. The molecule has 3 heterocycles. The van der Waals surface area contributed by atoms with E-state index in [4.69, 9.17) is 4.98 Å². The third kappa shape index (κ3) is 2.69. The Kier molecular flexibility index (Phi) is 3.45. The van der Waals surface area contributed by atoms with E-state index in [1.54, 1.807) is 0 Å². The van der Waals surface area contributed by atoms with Crippen molar-refractivity contribution in [3.8, 4) is 0 Å². The Morgan fingerprint density at radius 3 is 3.18 bits per heavy atom. The average molecular weight is 251 g/mol. The Morgan fingerprint density at radius 2 is 2.47 bits per heavy atom. The third-order valence-electron chi connectivity index (χ3n) is 3.97. The smallest absolute Gasteiger partial charge is 0.0972 e. The summed E-state index contributed by atoms with van der Waals surface area (Å²) in [4.78, 5) is 7.26. The Morgan fingerprint density at radius 1 is 1.53 bits per heavy atom. The summed E-state index contributed by atoms with van der Waals surface area (Å²) in [6.07, 6.45) is 3.78. The summed E-state index contributed by atoms with van der Waals surface area (Å²) in [5, 5.41) is 7.08. The lowest BCUT2D eigenvalue weighted by Gasteiger charge is -2.07. The monoisotopic (exact) mass is 251 g/mol. The van der Waals surface area contributed by atoms with Gasteiger partial charge >= 0.3 is 0 Å². The number of aromatic nitrogens is 1. The van der Waals surface area contributed by atoms with Crippen molar-refractivity contribution in [3.05, 3.63) is 16.1 Å². The second-order valence-corrected chi connectivity index (χ2v) is 6.38. The molecule has 2 unspecified atom stereocenters. The Labute approximate surface area is 107 Å². The van der Waals surface area contributed by atoms with Crippen molar-refractivity contribution < 1.29 is 0 Å². The molecule has 0 radical (unpaired) electrons. The first-order valence-corrected chi connectivity index (χ1v) is 7.53. The fraction of sp³-hybridized carbons (Fsp3) is 0.769. The zero-order valence-electron chi connectivity index (χ0n) is 10.5. The van der Waals surface area contributed by atoms with E-state index in [0.29, 0.717) is 5.92 Å². The first kappa shape index (κ1) is 11.6. The molecule has 3 rings (SSSR count). The van der Waals surface area contributed by atoms with Crippen molar-refractivity contribution in [3.63, 3.8) is 0 Å². The van der Waals surface area contributed by atoms with Crippen molar-refractivity contribution in [2.45, 2.75) is 25.2 Å². The highest BCUT2D eigenvalue weighted by molar-refractivity contribution is 7.09.